The number of carbonyl (C=O) groups excluding carboxylic acids is 2. The molecule has 2 aromatic heterocycles. The van der Waals surface area contributed by atoms with Gasteiger partial charge in [0.25, 0.3) is 0 Å². The Morgan fingerprint density at radius 2 is 2.11 bits per heavy atom. The molecule has 2 unspecified atom stereocenters. The lowest BCUT2D eigenvalue weighted by atomic mass is 10.0. The summed E-state index contributed by atoms with van der Waals surface area (Å²) in [6, 6.07) is 10.9. The summed E-state index contributed by atoms with van der Waals surface area (Å²) in [4.78, 5) is 32.3. The Hall–Kier alpha value is -2.45. The Morgan fingerprint density at radius 3 is 2.86 bits per heavy atom. The summed E-state index contributed by atoms with van der Waals surface area (Å²) in [7, 11) is 0. The number of thiazole rings is 1. The normalized spacial score (nSPS) is 18.1. The molecule has 2 atom stereocenters. The number of nitrogens with one attached hydrogen (secondary N) is 1. The van der Waals surface area contributed by atoms with E-state index >= 15 is 0 Å². The van der Waals surface area contributed by atoms with E-state index in [-0.39, 0.29) is 18.4 Å². The van der Waals surface area contributed by atoms with Gasteiger partial charge in [0.1, 0.15) is 5.01 Å². The number of nitrogens with two attached hydrogens (primary N) is 1. The summed E-state index contributed by atoms with van der Waals surface area (Å²) in [5.74, 6) is 0.0242. The molecule has 1 fully saturated rings. The highest BCUT2D eigenvalue weighted by Crippen LogP contribution is 2.36. The molecule has 1 aromatic carbocycles. The molecule has 3 heterocycles. The predicted molar refractivity (Wildman–Crippen MR) is 112 cm³/mol. The van der Waals surface area contributed by atoms with Crippen LogP contribution in [0.15, 0.2) is 41.8 Å². The number of carbonyl (C=O) groups is 2. The van der Waals surface area contributed by atoms with Gasteiger partial charge in [0, 0.05) is 11.4 Å². The quantitative estimate of drug-likeness (QED) is 0.655. The van der Waals surface area contributed by atoms with Crippen LogP contribution in [0.3, 0.4) is 0 Å². The average Bonchev–Trinajstić information content (AvgIpc) is 3.36. The predicted octanol–water partition coefficient (Wildman–Crippen LogP) is 4.21. The Kier molecular flexibility index (Phi) is 5.59. The first-order valence-electron chi connectivity index (χ1n) is 9.36. The molecule has 0 aliphatic carbocycles. The largest absolute Gasteiger partial charge is 0.352 e. The van der Waals surface area contributed by atoms with Crippen LogP contribution in [0.1, 0.15) is 47.7 Å². The molecular formula is C20H22N4O2S2. The Labute approximate surface area is 171 Å². The molecule has 0 saturated carbocycles. The van der Waals surface area contributed by atoms with Gasteiger partial charge in [-0.2, -0.15) is 0 Å². The number of para-hydroxylation sites is 1. The Balaban J connectivity index is 1.56. The Morgan fingerprint density at radius 1 is 1.25 bits per heavy atom. The van der Waals surface area contributed by atoms with E-state index in [2.05, 4.69) is 11.4 Å². The molecule has 146 valence electrons. The first-order valence-corrected chi connectivity index (χ1v) is 11.1. The van der Waals surface area contributed by atoms with E-state index in [1.54, 1.807) is 11.3 Å². The molecular weight excluding hydrogens is 392 g/mol. The number of amides is 3. The SMILES string of the molecule is NC(=O)NC(CC(=O)N1CCCCC1c1nc2ccccc2s1)c1cccs1. The van der Waals surface area contributed by atoms with Crippen LogP contribution in [0.4, 0.5) is 4.79 Å². The lowest BCUT2D eigenvalue weighted by molar-refractivity contribution is -0.135. The molecule has 3 amide bonds. The Bertz CT molecular complexity index is 937. The van der Waals surface area contributed by atoms with Crippen molar-refractivity contribution >= 4 is 44.8 Å². The first kappa shape index (κ1) is 18.9. The van der Waals surface area contributed by atoms with E-state index in [1.165, 1.54) is 11.3 Å². The zero-order chi connectivity index (χ0) is 19.5. The molecule has 3 N–H and O–H groups in total. The van der Waals surface area contributed by atoms with Gasteiger partial charge in [-0.05, 0) is 42.8 Å². The summed E-state index contributed by atoms with van der Waals surface area (Å²) in [5, 5.41) is 5.64. The van der Waals surface area contributed by atoms with Gasteiger partial charge in [-0.3, -0.25) is 4.79 Å². The smallest absolute Gasteiger partial charge is 0.312 e. The van der Waals surface area contributed by atoms with Gasteiger partial charge in [0.15, 0.2) is 0 Å². The van der Waals surface area contributed by atoms with Gasteiger partial charge in [-0.25, -0.2) is 9.78 Å². The van der Waals surface area contributed by atoms with Crippen LogP contribution in [-0.4, -0.2) is 28.4 Å². The molecule has 1 saturated heterocycles. The third kappa shape index (κ3) is 4.02. The number of benzene rings is 1. The van der Waals surface area contributed by atoms with Crippen LogP contribution in [0.5, 0.6) is 0 Å². The van der Waals surface area contributed by atoms with Gasteiger partial charge in [0.05, 0.1) is 28.7 Å². The molecule has 3 aromatic rings. The van der Waals surface area contributed by atoms with Crippen molar-refractivity contribution < 1.29 is 9.59 Å². The lowest BCUT2D eigenvalue weighted by Gasteiger charge is -2.35. The third-order valence-corrected chi connectivity index (χ3v) is 7.12. The maximum atomic E-state index is 13.2. The highest BCUT2D eigenvalue weighted by Gasteiger charge is 2.32. The fourth-order valence-electron chi connectivity index (χ4n) is 3.70. The molecule has 1 aliphatic heterocycles. The number of nitrogens with zero attached hydrogens (tertiary/aromatic N) is 2. The molecule has 8 heteroatoms. The number of piperidine rings is 1. The fraction of sp³-hybridized carbons (Fsp3) is 0.350. The molecule has 1 aliphatic rings. The number of thiophene rings is 1. The number of hydrogen-bond acceptors (Lipinski definition) is 5. The van der Waals surface area contributed by atoms with E-state index in [0.29, 0.717) is 6.54 Å². The first-order chi connectivity index (χ1) is 13.6. The molecule has 28 heavy (non-hydrogen) atoms. The minimum absolute atomic E-state index is 0.00351. The van der Waals surface area contributed by atoms with E-state index in [1.807, 2.05) is 40.6 Å². The molecule has 6 nitrogen and oxygen atoms in total. The molecule has 0 radical (unpaired) electrons. The number of urea groups is 1. The maximum Gasteiger partial charge on any atom is 0.312 e. The topological polar surface area (TPSA) is 88.3 Å². The van der Waals surface area contributed by atoms with Gasteiger partial charge in [-0.1, -0.05) is 18.2 Å². The fourth-order valence-corrected chi connectivity index (χ4v) is 5.59. The molecule has 4 rings (SSSR count). The summed E-state index contributed by atoms with van der Waals surface area (Å²) in [6.45, 7) is 0.715. The van der Waals surface area contributed by atoms with Crippen molar-refractivity contribution in [1.29, 1.82) is 0 Å². The van der Waals surface area contributed by atoms with Crippen molar-refractivity contribution in [2.75, 3.05) is 6.54 Å². The van der Waals surface area contributed by atoms with Crippen molar-refractivity contribution in [2.24, 2.45) is 5.73 Å². The monoisotopic (exact) mass is 414 g/mol. The van der Waals surface area contributed by atoms with E-state index < -0.39 is 12.1 Å². The van der Waals surface area contributed by atoms with E-state index in [0.717, 1.165) is 39.4 Å². The van der Waals surface area contributed by atoms with Crippen molar-refractivity contribution in [3.05, 3.63) is 51.7 Å². The summed E-state index contributed by atoms with van der Waals surface area (Å²) >= 11 is 3.17. The summed E-state index contributed by atoms with van der Waals surface area (Å²) in [6.07, 6.45) is 3.18. The van der Waals surface area contributed by atoms with Crippen LogP contribution in [0.2, 0.25) is 0 Å². The lowest BCUT2D eigenvalue weighted by Crippen LogP contribution is -2.41. The summed E-state index contributed by atoms with van der Waals surface area (Å²) in [5.41, 5.74) is 6.32. The second-order valence-corrected chi connectivity index (χ2v) is 8.94. The average molecular weight is 415 g/mol. The van der Waals surface area contributed by atoms with Crippen LogP contribution in [0, 0.1) is 0 Å². The third-order valence-electron chi connectivity index (χ3n) is 5.00. The number of aromatic nitrogens is 1. The second-order valence-electron chi connectivity index (χ2n) is 6.90. The van der Waals surface area contributed by atoms with Gasteiger partial charge < -0.3 is 16.0 Å². The number of rotatable bonds is 5. The summed E-state index contributed by atoms with van der Waals surface area (Å²) < 4.78 is 1.14. The second kappa shape index (κ2) is 8.28. The maximum absolute atomic E-state index is 13.2. The molecule has 0 spiro atoms. The number of primary amides is 1. The van der Waals surface area contributed by atoms with Gasteiger partial charge in [0.2, 0.25) is 5.91 Å². The van der Waals surface area contributed by atoms with Crippen molar-refractivity contribution in [3.8, 4) is 0 Å². The van der Waals surface area contributed by atoms with Crippen LogP contribution < -0.4 is 11.1 Å². The zero-order valence-corrected chi connectivity index (χ0v) is 17.0. The van der Waals surface area contributed by atoms with Crippen molar-refractivity contribution in [2.45, 2.75) is 37.8 Å². The van der Waals surface area contributed by atoms with E-state index in [9.17, 15) is 9.59 Å². The standard InChI is InChI=1S/C20H22N4O2S2/c21-20(26)23-14(16-9-5-11-27-16)12-18(25)24-10-4-3-7-15(24)19-22-13-6-1-2-8-17(13)28-19/h1-2,5-6,8-9,11,14-15H,3-4,7,10,12H2,(H3,21,23,26). The minimum atomic E-state index is -0.618. The van der Waals surface area contributed by atoms with Crippen molar-refractivity contribution in [3.63, 3.8) is 0 Å². The van der Waals surface area contributed by atoms with Crippen LogP contribution >= 0.6 is 22.7 Å². The highest BCUT2D eigenvalue weighted by molar-refractivity contribution is 7.18. The zero-order valence-electron chi connectivity index (χ0n) is 15.3. The van der Waals surface area contributed by atoms with Crippen molar-refractivity contribution in [1.82, 2.24) is 15.2 Å². The van der Waals surface area contributed by atoms with Gasteiger partial charge >= 0.3 is 6.03 Å². The number of fused-ring (bicyclic) bond motifs is 1. The minimum Gasteiger partial charge on any atom is -0.352 e. The van der Waals surface area contributed by atoms with Crippen LogP contribution in [0.25, 0.3) is 10.2 Å². The van der Waals surface area contributed by atoms with E-state index in [4.69, 9.17) is 10.7 Å². The molecule has 0 bridgehead atoms. The highest BCUT2D eigenvalue weighted by atomic mass is 32.1. The van der Waals surface area contributed by atoms with Crippen LogP contribution in [-0.2, 0) is 4.79 Å². The number of likely N-dealkylation sites (tertiary alicyclic amines) is 1. The van der Waals surface area contributed by atoms with Gasteiger partial charge in [-0.15, -0.1) is 22.7 Å². The number of hydrogen-bond donors (Lipinski definition) is 2.